The van der Waals surface area contributed by atoms with E-state index in [1.165, 1.54) is 0 Å². The first-order valence-electron chi connectivity index (χ1n) is 8.37. The molecule has 0 atom stereocenters. The number of hydrogen-bond acceptors (Lipinski definition) is 5. The smallest absolute Gasteiger partial charge is 0.359 e. The standard InChI is InChI=1S/C20H20N4O2/c1-3-26-20(25)19(23-22-16-10-6-4-7-11-16)18-14-21-24(15(18)2)17-12-8-5-9-13-17/h4-14,22H,3H2,1-2H3/b23-19+. The maximum absolute atomic E-state index is 12.4. The monoisotopic (exact) mass is 348 g/mol. The normalized spacial score (nSPS) is 11.2. The molecule has 0 saturated carbocycles. The van der Waals surface area contributed by atoms with Crippen LogP contribution in [0.15, 0.2) is 72.0 Å². The fraction of sp³-hybridized carbons (Fsp3) is 0.150. The van der Waals surface area contributed by atoms with Crippen LogP contribution in [0.4, 0.5) is 5.69 Å². The van der Waals surface area contributed by atoms with Gasteiger partial charge >= 0.3 is 5.97 Å². The third-order valence-corrected chi connectivity index (χ3v) is 3.81. The van der Waals surface area contributed by atoms with Gasteiger partial charge in [0.2, 0.25) is 0 Å². The van der Waals surface area contributed by atoms with Crippen molar-refractivity contribution in [2.45, 2.75) is 13.8 Å². The molecule has 0 aliphatic heterocycles. The van der Waals surface area contributed by atoms with Gasteiger partial charge in [0, 0.05) is 0 Å². The second-order valence-corrected chi connectivity index (χ2v) is 5.55. The number of carbonyl (C=O) groups is 1. The number of hydrogen-bond donors (Lipinski definition) is 1. The largest absolute Gasteiger partial charge is 0.461 e. The second-order valence-electron chi connectivity index (χ2n) is 5.55. The van der Waals surface area contributed by atoms with Crippen molar-refractivity contribution in [2.24, 2.45) is 5.10 Å². The van der Waals surface area contributed by atoms with E-state index in [4.69, 9.17) is 4.74 Å². The van der Waals surface area contributed by atoms with Crippen LogP contribution in [0.25, 0.3) is 5.69 Å². The Kier molecular flexibility index (Phi) is 5.43. The molecule has 0 saturated heterocycles. The van der Waals surface area contributed by atoms with E-state index in [1.54, 1.807) is 17.8 Å². The highest BCUT2D eigenvalue weighted by Crippen LogP contribution is 2.16. The summed E-state index contributed by atoms with van der Waals surface area (Å²) in [5.41, 5.74) is 6.22. The predicted octanol–water partition coefficient (Wildman–Crippen LogP) is 3.56. The van der Waals surface area contributed by atoms with Gasteiger partial charge in [0.15, 0.2) is 5.71 Å². The zero-order valence-corrected chi connectivity index (χ0v) is 14.7. The van der Waals surface area contributed by atoms with Crippen molar-refractivity contribution in [2.75, 3.05) is 12.0 Å². The molecule has 1 N–H and O–H groups in total. The first-order chi connectivity index (χ1) is 12.7. The van der Waals surface area contributed by atoms with E-state index in [1.807, 2.05) is 67.6 Å². The number of hydrazone groups is 1. The van der Waals surface area contributed by atoms with Crippen LogP contribution in [0.5, 0.6) is 0 Å². The van der Waals surface area contributed by atoms with Gasteiger partial charge in [-0.15, -0.1) is 0 Å². The topological polar surface area (TPSA) is 68.5 Å². The number of ether oxygens (including phenoxy) is 1. The summed E-state index contributed by atoms with van der Waals surface area (Å²) < 4.78 is 6.94. The van der Waals surface area contributed by atoms with E-state index in [2.05, 4.69) is 15.6 Å². The molecule has 3 aromatic rings. The number of benzene rings is 2. The molecule has 1 aromatic heterocycles. The van der Waals surface area contributed by atoms with E-state index in [0.29, 0.717) is 5.56 Å². The van der Waals surface area contributed by atoms with Gasteiger partial charge in [0.1, 0.15) is 0 Å². The van der Waals surface area contributed by atoms with Crippen molar-refractivity contribution < 1.29 is 9.53 Å². The number of anilines is 1. The second kappa shape index (κ2) is 8.11. The van der Waals surface area contributed by atoms with E-state index in [-0.39, 0.29) is 12.3 Å². The third-order valence-electron chi connectivity index (χ3n) is 3.81. The molecule has 0 spiro atoms. The van der Waals surface area contributed by atoms with Crippen LogP contribution in [0.3, 0.4) is 0 Å². The first-order valence-corrected chi connectivity index (χ1v) is 8.37. The number of aromatic nitrogens is 2. The molecule has 26 heavy (non-hydrogen) atoms. The number of esters is 1. The summed E-state index contributed by atoms with van der Waals surface area (Å²) in [4.78, 5) is 12.4. The lowest BCUT2D eigenvalue weighted by molar-refractivity contribution is -0.134. The quantitative estimate of drug-likeness (QED) is 0.420. The van der Waals surface area contributed by atoms with Crippen molar-refractivity contribution in [3.63, 3.8) is 0 Å². The number of carbonyl (C=O) groups excluding carboxylic acids is 1. The highest BCUT2D eigenvalue weighted by atomic mass is 16.5. The zero-order chi connectivity index (χ0) is 18.4. The van der Waals surface area contributed by atoms with Crippen molar-refractivity contribution in [3.05, 3.63) is 78.1 Å². The van der Waals surface area contributed by atoms with Crippen molar-refractivity contribution in [3.8, 4) is 5.69 Å². The molecule has 6 nitrogen and oxygen atoms in total. The van der Waals surface area contributed by atoms with Gasteiger partial charge in [0.25, 0.3) is 0 Å². The molecule has 3 rings (SSSR count). The van der Waals surface area contributed by atoms with E-state index in [0.717, 1.165) is 17.1 Å². The molecule has 0 radical (unpaired) electrons. The van der Waals surface area contributed by atoms with Crippen molar-refractivity contribution in [1.29, 1.82) is 0 Å². The first kappa shape index (κ1) is 17.4. The summed E-state index contributed by atoms with van der Waals surface area (Å²) in [5, 5.41) is 8.69. The summed E-state index contributed by atoms with van der Waals surface area (Å²) in [7, 11) is 0. The third kappa shape index (κ3) is 3.80. The van der Waals surface area contributed by atoms with Gasteiger partial charge in [-0.3, -0.25) is 5.43 Å². The molecule has 132 valence electrons. The molecular weight excluding hydrogens is 328 g/mol. The number of nitrogens with one attached hydrogen (secondary N) is 1. The summed E-state index contributed by atoms with van der Waals surface area (Å²) in [6.07, 6.45) is 1.63. The minimum atomic E-state index is -0.494. The summed E-state index contributed by atoms with van der Waals surface area (Å²) in [5.74, 6) is -0.494. The average Bonchev–Trinajstić information content (AvgIpc) is 3.05. The fourth-order valence-corrected chi connectivity index (χ4v) is 2.52. The van der Waals surface area contributed by atoms with Gasteiger partial charge in [-0.25, -0.2) is 9.48 Å². The Balaban J connectivity index is 1.97. The summed E-state index contributed by atoms with van der Waals surface area (Å²) >= 11 is 0. The van der Waals surface area contributed by atoms with E-state index in [9.17, 15) is 4.79 Å². The Labute approximate surface area is 152 Å². The number of rotatable bonds is 6. The van der Waals surface area contributed by atoms with Gasteiger partial charge in [0.05, 0.1) is 35.4 Å². The zero-order valence-electron chi connectivity index (χ0n) is 14.7. The Morgan fingerprint density at radius 1 is 1.12 bits per heavy atom. The van der Waals surface area contributed by atoms with Crippen LogP contribution < -0.4 is 5.43 Å². The minimum absolute atomic E-state index is 0.190. The maximum atomic E-state index is 12.4. The van der Waals surface area contributed by atoms with Crippen molar-refractivity contribution in [1.82, 2.24) is 9.78 Å². The molecule has 0 fully saturated rings. The van der Waals surface area contributed by atoms with Crippen LogP contribution in [0.2, 0.25) is 0 Å². The van der Waals surface area contributed by atoms with E-state index < -0.39 is 5.97 Å². The van der Waals surface area contributed by atoms with Gasteiger partial charge in [-0.2, -0.15) is 10.2 Å². The Morgan fingerprint density at radius 2 is 1.77 bits per heavy atom. The lowest BCUT2D eigenvalue weighted by Gasteiger charge is -2.08. The maximum Gasteiger partial charge on any atom is 0.359 e. The van der Waals surface area contributed by atoms with Crippen LogP contribution in [-0.4, -0.2) is 28.1 Å². The Bertz CT molecular complexity index is 902. The molecule has 0 aliphatic carbocycles. The van der Waals surface area contributed by atoms with Gasteiger partial charge < -0.3 is 4.74 Å². The van der Waals surface area contributed by atoms with E-state index >= 15 is 0 Å². The predicted molar refractivity (Wildman–Crippen MR) is 102 cm³/mol. The highest BCUT2D eigenvalue weighted by molar-refractivity contribution is 6.43. The summed E-state index contributed by atoms with van der Waals surface area (Å²) in [6.45, 7) is 3.93. The molecule has 0 bridgehead atoms. The molecule has 2 aromatic carbocycles. The number of para-hydroxylation sites is 2. The van der Waals surface area contributed by atoms with Gasteiger partial charge in [-0.1, -0.05) is 36.4 Å². The molecule has 0 aliphatic rings. The Hall–Kier alpha value is -3.41. The van der Waals surface area contributed by atoms with Crippen LogP contribution in [0, 0.1) is 6.92 Å². The summed E-state index contributed by atoms with van der Waals surface area (Å²) in [6, 6.07) is 19.1. The fourth-order valence-electron chi connectivity index (χ4n) is 2.52. The van der Waals surface area contributed by atoms with Crippen LogP contribution in [0.1, 0.15) is 18.2 Å². The van der Waals surface area contributed by atoms with Crippen LogP contribution >= 0.6 is 0 Å². The molecule has 0 amide bonds. The lowest BCUT2D eigenvalue weighted by atomic mass is 10.1. The molecule has 1 heterocycles. The minimum Gasteiger partial charge on any atom is -0.461 e. The molecule has 0 unspecified atom stereocenters. The molecule has 6 heteroatoms. The van der Waals surface area contributed by atoms with Gasteiger partial charge in [-0.05, 0) is 38.1 Å². The molecular formula is C20H20N4O2. The SMILES string of the molecule is CCOC(=O)/C(=N/Nc1ccccc1)c1cnn(-c2ccccc2)c1C. The average molecular weight is 348 g/mol. The number of nitrogens with zero attached hydrogens (tertiary/aromatic N) is 3. The lowest BCUT2D eigenvalue weighted by Crippen LogP contribution is -2.21. The highest BCUT2D eigenvalue weighted by Gasteiger charge is 2.21. The Morgan fingerprint density at radius 3 is 2.42 bits per heavy atom. The van der Waals surface area contributed by atoms with Crippen molar-refractivity contribution >= 4 is 17.4 Å². The van der Waals surface area contributed by atoms with Crippen LogP contribution in [-0.2, 0) is 9.53 Å².